The van der Waals surface area contributed by atoms with Crippen LogP contribution in [0.1, 0.15) is 30.6 Å². The summed E-state index contributed by atoms with van der Waals surface area (Å²) in [6, 6.07) is 12.3. The molecule has 160 valence electrons. The van der Waals surface area contributed by atoms with Crippen LogP contribution >= 0.6 is 11.3 Å². The summed E-state index contributed by atoms with van der Waals surface area (Å²) in [5.74, 6) is -0.380. The highest BCUT2D eigenvalue weighted by molar-refractivity contribution is 7.22. The summed E-state index contributed by atoms with van der Waals surface area (Å²) in [5, 5.41) is 0.604. The van der Waals surface area contributed by atoms with Crippen molar-refractivity contribution in [2.24, 2.45) is 0 Å². The Balaban J connectivity index is 1.89. The monoisotopic (exact) mass is 428 g/mol. The molecule has 3 rings (SSSR count). The van der Waals surface area contributed by atoms with Gasteiger partial charge in [-0.2, -0.15) is 0 Å². The zero-order valence-electron chi connectivity index (χ0n) is 18.1. The molecule has 0 atom stereocenters. The molecule has 0 fully saturated rings. The van der Waals surface area contributed by atoms with Gasteiger partial charge in [0.1, 0.15) is 5.82 Å². The minimum Gasteiger partial charge on any atom is -0.372 e. The van der Waals surface area contributed by atoms with E-state index in [2.05, 4.69) is 28.6 Å². The molecule has 1 aromatic heterocycles. The lowest BCUT2D eigenvalue weighted by atomic mass is 10.1. The highest BCUT2D eigenvalue weighted by Gasteiger charge is 2.21. The van der Waals surface area contributed by atoms with E-state index in [1.165, 1.54) is 23.5 Å². The average Bonchev–Trinajstić information content (AvgIpc) is 3.14. The molecule has 0 spiro atoms. The number of carbonyl (C=O) groups is 1. The van der Waals surface area contributed by atoms with Crippen LogP contribution in [0.2, 0.25) is 0 Å². The number of nitrogens with zero attached hydrogens (tertiary/aromatic N) is 4. The summed E-state index contributed by atoms with van der Waals surface area (Å²) < 4.78 is 14.4. The zero-order chi connectivity index (χ0) is 21.7. The van der Waals surface area contributed by atoms with Crippen molar-refractivity contribution in [3.05, 3.63) is 53.8 Å². The van der Waals surface area contributed by atoms with E-state index in [1.807, 2.05) is 38.4 Å². The van der Waals surface area contributed by atoms with E-state index in [0.717, 1.165) is 36.4 Å². The maximum atomic E-state index is 13.6. The Morgan fingerprint density at radius 1 is 1.03 bits per heavy atom. The van der Waals surface area contributed by atoms with Gasteiger partial charge in [0.25, 0.3) is 5.91 Å². The first-order valence-corrected chi connectivity index (χ1v) is 11.1. The third kappa shape index (κ3) is 5.15. The molecule has 7 heteroatoms. The Morgan fingerprint density at radius 2 is 1.73 bits per heavy atom. The number of thiazole rings is 1. The number of fused-ring (bicyclic) bond motifs is 1. The van der Waals surface area contributed by atoms with Gasteiger partial charge in [-0.25, -0.2) is 9.37 Å². The van der Waals surface area contributed by atoms with Crippen molar-refractivity contribution in [1.82, 2.24) is 9.88 Å². The second-order valence-electron chi connectivity index (χ2n) is 7.44. The van der Waals surface area contributed by atoms with Gasteiger partial charge in [-0.05, 0) is 83.4 Å². The number of benzene rings is 2. The highest BCUT2D eigenvalue weighted by Crippen LogP contribution is 2.30. The number of halogens is 1. The normalized spacial score (nSPS) is 11.3. The van der Waals surface area contributed by atoms with Gasteiger partial charge in [-0.1, -0.05) is 11.3 Å². The minimum absolute atomic E-state index is 0.0839. The summed E-state index contributed by atoms with van der Waals surface area (Å²) in [5.41, 5.74) is 2.44. The van der Waals surface area contributed by atoms with Crippen LogP contribution in [0, 0.1) is 5.82 Å². The SMILES string of the molecule is CCN(CC)c1ccc(C(=O)N(CCCN(C)C)c2nc3ccc(F)cc3s2)cc1. The van der Waals surface area contributed by atoms with E-state index in [1.54, 1.807) is 11.0 Å². The van der Waals surface area contributed by atoms with Crippen LogP contribution in [-0.2, 0) is 0 Å². The molecule has 3 aromatic rings. The maximum absolute atomic E-state index is 13.6. The van der Waals surface area contributed by atoms with E-state index in [0.29, 0.717) is 22.8 Å². The van der Waals surface area contributed by atoms with Gasteiger partial charge in [0.2, 0.25) is 0 Å². The Bertz CT molecular complexity index is 983. The lowest BCUT2D eigenvalue weighted by Crippen LogP contribution is -2.33. The molecule has 0 N–H and O–H groups in total. The fourth-order valence-electron chi connectivity index (χ4n) is 3.39. The topological polar surface area (TPSA) is 39.7 Å². The van der Waals surface area contributed by atoms with Crippen LogP contribution in [0.15, 0.2) is 42.5 Å². The molecule has 0 aliphatic carbocycles. The molecule has 0 aliphatic heterocycles. The Morgan fingerprint density at radius 3 is 2.37 bits per heavy atom. The van der Waals surface area contributed by atoms with E-state index in [9.17, 15) is 9.18 Å². The van der Waals surface area contributed by atoms with Crippen molar-refractivity contribution in [2.75, 3.05) is 50.1 Å². The Hall–Kier alpha value is -2.51. The van der Waals surface area contributed by atoms with Crippen LogP contribution < -0.4 is 9.80 Å². The van der Waals surface area contributed by atoms with E-state index < -0.39 is 0 Å². The first kappa shape index (κ1) is 22.2. The number of hydrogen-bond donors (Lipinski definition) is 0. The molecule has 1 heterocycles. The van der Waals surface area contributed by atoms with Gasteiger partial charge in [0.15, 0.2) is 5.13 Å². The molecule has 2 aromatic carbocycles. The summed E-state index contributed by atoms with van der Waals surface area (Å²) in [7, 11) is 4.02. The van der Waals surface area contributed by atoms with Gasteiger partial charge >= 0.3 is 0 Å². The lowest BCUT2D eigenvalue weighted by Gasteiger charge is -2.23. The van der Waals surface area contributed by atoms with E-state index in [-0.39, 0.29) is 11.7 Å². The molecule has 0 bridgehead atoms. The summed E-state index contributed by atoms with van der Waals surface area (Å²) >= 11 is 1.35. The lowest BCUT2D eigenvalue weighted by molar-refractivity contribution is 0.0986. The molecule has 5 nitrogen and oxygen atoms in total. The van der Waals surface area contributed by atoms with Gasteiger partial charge in [0.05, 0.1) is 10.2 Å². The van der Waals surface area contributed by atoms with Crippen molar-refractivity contribution in [1.29, 1.82) is 0 Å². The van der Waals surface area contributed by atoms with Gasteiger partial charge < -0.3 is 9.80 Å². The predicted octanol–water partition coefficient (Wildman–Crippen LogP) is 4.88. The molecule has 0 aliphatic rings. The second-order valence-corrected chi connectivity index (χ2v) is 8.45. The number of hydrogen-bond acceptors (Lipinski definition) is 5. The van der Waals surface area contributed by atoms with Crippen molar-refractivity contribution in [3.8, 4) is 0 Å². The van der Waals surface area contributed by atoms with Crippen molar-refractivity contribution in [2.45, 2.75) is 20.3 Å². The Labute approximate surface area is 181 Å². The number of carbonyl (C=O) groups excluding carboxylic acids is 1. The van der Waals surface area contributed by atoms with Crippen molar-refractivity contribution < 1.29 is 9.18 Å². The fourth-order valence-corrected chi connectivity index (χ4v) is 4.41. The third-order valence-corrected chi connectivity index (χ3v) is 6.09. The van der Waals surface area contributed by atoms with Crippen molar-refractivity contribution >= 4 is 38.3 Å². The molecule has 0 unspecified atom stereocenters. The van der Waals surface area contributed by atoms with Gasteiger partial charge in [0, 0.05) is 30.9 Å². The molecular formula is C23H29FN4OS. The zero-order valence-corrected chi connectivity index (χ0v) is 18.9. The van der Waals surface area contributed by atoms with Crippen molar-refractivity contribution in [3.63, 3.8) is 0 Å². The van der Waals surface area contributed by atoms with Crippen LogP contribution in [0.3, 0.4) is 0 Å². The smallest absolute Gasteiger partial charge is 0.260 e. The van der Waals surface area contributed by atoms with E-state index >= 15 is 0 Å². The number of anilines is 2. The predicted molar refractivity (Wildman–Crippen MR) is 124 cm³/mol. The molecule has 30 heavy (non-hydrogen) atoms. The largest absolute Gasteiger partial charge is 0.372 e. The van der Waals surface area contributed by atoms with Gasteiger partial charge in [-0.15, -0.1) is 0 Å². The quantitative estimate of drug-likeness (QED) is 0.487. The standard InChI is InChI=1S/C23H29FN4OS/c1-5-27(6-2)19-11-8-17(9-12-19)22(29)28(15-7-14-26(3)4)23-25-20-13-10-18(24)16-21(20)30-23/h8-13,16H,5-7,14-15H2,1-4H3. The highest BCUT2D eigenvalue weighted by atomic mass is 32.1. The number of rotatable bonds is 9. The van der Waals surface area contributed by atoms with Crippen LogP contribution in [-0.4, -0.2) is 56.1 Å². The first-order chi connectivity index (χ1) is 14.4. The van der Waals surface area contributed by atoms with E-state index in [4.69, 9.17) is 0 Å². The summed E-state index contributed by atoms with van der Waals surface area (Å²) in [6.45, 7) is 7.49. The summed E-state index contributed by atoms with van der Waals surface area (Å²) in [4.78, 5) is 24.0. The minimum atomic E-state index is -0.296. The average molecular weight is 429 g/mol. The molecular weight excluding hydrogens is 399 g/mol. The fraction of sp³-hybridized carbons (Fsp3) is 0.391. The molecule has 0 radical (unpaired) electrons. The summed E-state index contributed by atoms with van der Waals surface area (Å²) in [6.07, 6.45) is 0.820. The molecule has 0 saturated heterocycles. The number of aromatic nitrogens is 1. The second kappa shape index (κ2) is 10.00. The molecule has 1 amide bonds. The molecule has 0 saturated carbocycles. The Kier molecular flexibility index (Phi) is 7.39. The number of amides is 1. The van der Waals surface area contributed by atoms with Gasteiger partial charge in [-0.3, -0.25) is 9.69 Å². The third-order valence-electron chi connectivity index (χ3n) is 5.05. The maximum Gasteiger partial charge on any atom is 0.260 e. The first-order valence-electron chi connectivity index (χ1n) is 10.3. The van der Waals surface area contributed by atoms with Crippen LogP contribution in [0.4, 0.5) is 15.2 Å². The van der Waals surface area contributed by atoms with Crippen LogP contribution in [0.25, 0.3) is 10.2 Å². The van der Waals surface area contributed by atoms with Crippen LogP contribution in [0.5, 0.6) is 0 Å².